The molecule has 2 aromatic heterocycles. The Kier molecular flexibility index (Phi) is 5.85. The molecule has 0 aliphatic heterocycles. The first-order chi connectivity index (χ1) is 13.7. The molecular formula is C18H17ClN4O5S. The summed E-state index contributed by atoms with van der Waals surface area (Å²) in [5.41, 5.74) is 1.24. The molecule has 1 N–H and O–H groups in total. The number of nitro groups is 1. The van der Waals surface area contributed by atoms with Crippen LogP contribution in [0.1, 0.15) is 27.5 Å². The topological polar surface area (TPSA) is 116 Å². The highest BCUT2D eigenvalue weighted by Gasteiger charge is 2.22. The highest BCUT2D eigenvalue weighted by molar-refractivity contribution is 7.21. The second-order valence-electron chi connectivity index (χ2n) is 6.25. The Hall–Kier alpha value is -2.98. The van der Waals surface area contributed by atoms with Crippen LogP contribution in [0, 0.1) is 24.0 Å². The minimum atomic E-state index is -0.513. The molecule has 29 heavy (non-hydrogen) atoms. The molecule has 3 rings (SSSR count). The van der Waals surface area contributed by atoms with E-state index in [2.05, 4.69) is 10.4 Å². The number of hydrogen-bond donors (Lipinski definition) is 1. The number of hydrogen-bond acceptors (Lipinski definition) is 7. The Balaban J connectivity index is 1.71. The molecule has 152 valence electrons. The first-order valence-electron chi connectivity index (χ1n) is 8.51. The van der Waals surface area contributed by atoms with Crippen molar-refractivity contribution in [3.8, 4) is 0 Å². The van der Waals surface area contributed by atoms with Gasteiger partial charge < -0.3 is 10.1 Å². The number of carbonyl (C=O) groups is 2. The van der Waals surface area contributed by atoms with E-state index in [4.69, 9.17) is 16.3 Å². The second-order valence-corrected chi connectivity index (χ2v) is 7.68. The zero-order valence-corrected chi connectivity index (χ0v) is 17.4. The second kappa shape index (κ2) is 8.18. The molecule has 1 amide bonds. The van der Waals surface area contributed by atoms with Crippen LogP contribution in [-0.2, 0) is 16.1 Å². The number of aryl methyl sites for hydroxylation is 2. The van der Waals surface area contributed by atoms with E-state index in [1.807, 2.05) is 0 Å². The molecule has 0 aliphatic carbocycles. The number of amides is 1. The number of aromatic nitrogens is 2. The van der Waals surface area contributed by atoms with Crippen LogP contribution in [0.5, 0.6) is 0 Å². The third-order valence-corrected chi connectivity index (χ3v) is 6.00. The van der Waals surface area contributed by atoms with Crippen LogP contribution in [0.15, 0.2) is 18.2 Å². The number of halogens is 1. The van der Waals surface area contributed by atoms with E-state index in [1.54, 1.807) is 32.0 Å². The molecule has 0 atom stereocenters. The Morgan fingerprint density at radius 3 is 2.72 bits per heavy atom. The van der Waals surface area contributed by atoms with E-state index >= 15 is 0 Å². The Morgan fingerprint density at radius 2 is 2.10 bits per heavy atom. The zero-order valence-electron chi connectivity index (χ0n) is 15.8. The van der Waals surface area contributed by atoms with Gasteiger partial charge in [0.1, 0.15) is 16.3 Å². The van der Waals surface area contributed by atoms with Gasteiger partial charge in [0, 0.05) is 22.2 Å². The van der Waals surface area contributed by atoms with Crippen LogP contribution in [0.4, 0.5) is 11.4 Å². The third-order valence-electron chi connectivity index (χ3n) is 4.36. The number of methoxy groups -OCH3 is 1. The van der Waals surface area contributed by atoms with Crippen LogP contribution >= 0.6 is 22.9 Å². The Labute approximate surface area is 174 Å². The van der Waals surface area contributed by atoms with Crippen molar-refractivity contribution in [2.45, 2.75) is 26.8 Å². The molecule has 0 radical (unpaired) electrons. The fourth-order valence-corrected chi connectivity index (χ4v) is 4.43. The van der Waals surface area contributed by atoms with E-state index in [1.165, 1.54) is 23.1 Å². The van der Waals surface area contributed by atoms with Crippen molar-refractivity contribution >= 4 is 56.3 Å². The SMILES string of the molecule is COC(=O)c1sc2cc(NC(=O)CCn3nc(C)c([N+](=O)[O-])c3C)ccc2c1Cl. The molecule has 0 bridgehead atoms. The quantitative estimate of drug-likeness (QED) is 0.353. The van der Waals surface area contributed by atoms with Gasteiger partial charge in [-0.1, -0.05) is 11.6 Å². The van der Waals surface area contributed by atoms with E-state index in [0.717, 1.165) is 4.70 Å². The highest BCUT2D eigenvalue weighted by atomic mass is 35.5. The molecule has 1 aromatic carbocycles. The standard InChI is InChI=1S/C18H17ClN4O5S/c1-9-16(23(26)27)10(2)22(21-9)7-6-14(24)20-11-4-5-12-13(8-11)29-17(15(12)19)18(25)28-3/h4-5,8H,6-7H2,1-3H3,(H,20,24). The number of nitrogens with one attached hydrogen (secondary N) is 1. The maximum Gasteiger partial charge on any atom is 0.349 e. The van der Waals surface area contributed by atoms with Crippen molar-refractivity contribution in [3.05, 3.63) is 49.6 Å². The summed E-state index contributed by atoms with van der Waals surface area (Å²) in [5.74, 6) is -0.781. The van der Waals surface area contributed by atoms with Crippen molar-refractivity contribution in [2.75, 3.05) is 12.4 Å². The molecule has 0 aliphatic rings. The van der Waals surface area contributed by atoms with Crippen molar-refractivity contribution < 1.29 is 19.2 Å². The summed E-state index contributed by atoms with van der Waals surface area (Å²) in [6.45, 7) is 3.38. The minimum absolute atomic E-state index is 0.0353. The molecule has 0 spiro atoms. The first kappa shape index (κ1) is 20.7. The van der Waals surface area contributed by atoms with Crippen molar-refractivity contribution in [3.63, 3.8) is 0 Å². The fraction of sp³-hybridized carbons (Fsp3) is 0.278. The van der Waals surface area contributed by atoms with Crippen LogP contribution in [0.3, 0.4) is 0 Å². The molecule has 9 nitrogen and oxygen atoms in total. The third kappa shape index (κ3) is 4.08. The van der Waals surface area contributed by atoms with E-state index in [9.17, 15) is 19.7 Å². The lowest BCUT2D eigenvalue weighted by atomic mass is 10.2. The maximum atomic E-state index is 12.3. The lowest BCUT2D eigenvalue weighted by Crippen LogP contribution is -2.15. The number of rotatable bonds is 6. The molecule has 0 unspecified atom stereocenters. The molecule has 0 saturated carbocycles. The van der Waals surface area contributed by atoms with Crippen LogP contribution < -0.4 is 5.32 Å². The lowest BCUT2D eigenvalue weighted by molar-refractivity contribution is -0.386. The van der Waals surface area contributed by atoms with Crippen molar-refractivity contribution in [2.24, 2.45) is 0 Å². The minimum Gasteiger partial charge on any atom is -0.465 e. The first-order valence-corrected chi connectivity index (χ1v) is 9.71. The van der Waals surface area contributed by atoms with Gasteiger partial charge in [-0.2, -0.15) is 5.10 Å². The van der Waals surface area contributed by atoms with Crippen LogP contribution in [0.25, 0.3) is 10.1 Å². The number of benzene rings is 1. The summed E-state index contributed by atoms with van der Waals surface area (Å²) in [7, 11) is 1.28. The number of nitrogens with zero attached hydrogens (tertiary/aromatic N) is 3. The zero-order chi connectivity index (χ0) is 21.3. The van der Waals surface area contributed by atoms with Gasteiger partial charge in [-0.05, 0) is 32.0 Å². The highest BCUT2D eigenvalue weighted by Crippen LogP contribution is 2.37. The summed E-state index contributed by atoms with van der Waals surface area (Å²) in [4.78, 5) is 35.0. The number of esters is 1. The van der Waals surface area contributed by atoms with Crippen molar-refractivity contribution in [1.29, 1.82) is 0 Å². The summed E-state index contributed by atoms with van der Waals surface area (Å²) in [5, 5.41) is 19.0. The molecule has 11 heteroatoms. The van der Waals surface area contributed by atoms with E-state index < -0.39 is 10.9 Å². The lowest BCUT2D eigenvalue weighted by Gasteiger charge is -2.06. The normalized spacial score (nSPS) is 10.9. The summed E-state index contributed by atoms with van der Waals surface area (Å²) in [6, 6.07) is 5.14. The van der Waals surface area contributed by atoms with E-state index in [-0.39, 0.29) is 24.6 Å². The summed E-state index contributed by atoms with van der Waals surface area (Å²) >= 11 is 7.40. The molecule has 2 heterocycles. The monoisotopic (exact) mass is 436 g/mol. The number of carbonyl (C=O) groups excluding carboxylic acids is 2. The average Bonchev–Trinajstić information content (AvgIpc) is 3.15. The number of anilines is 1. The number of fused-ring (bicyclic) bond motifs is 1. The van der Waals surface area contributed by atoms with Crippen LogP contribution in [-0.4, -0.2) is 33.7 Å². The van der Waals surface area contributed by atoms with Gasteiger partial charge in [-0.3, -0.25) is 19.6 Å². The predicted octanol–water partition coefficient (Wildman–Crippen LogP) is 4.09. The fourth-order valence-electron chi connectivity index (χ4n) is 2.97. The van der Waals surface area contributed by atoms with Gasteiger partial charge in [0.2, 0.25) is 5.91 Å². The largest absolute Gasteiger partial charge is 0.465 e. The van der Waals surface area contributed by atoms with Gasteiger partial charge in [0.05, 0.1) is 23.6 Å². The van der Waals surface area contributed by atoms with E-state index in [0.29, 0.717) is 32.4 Å². The summed E-state index contributed by atoms with van der Waals surface area (Å²) in [6.07, 6.45) is 0.0930. The smallest absolute Gasteiger partial charge is 0.349 e. The maximum absolute atomic E-state index is 12.3. The molecule has 3 aromatic rings. The number of ether oxygens (including phenoxy) is 1. The predicted molar refractivity (Wildman–Crippen MR) is 110 cm³/mol. The Bertz CT molecular complexity index is 1140. The molecule has 0 fully saturated rings. The van der Waals surface area contributed by atoms with Crippen LogP contribution in [0.2, 0.25) is 5.02 Å². The number of thiophene rings is 1. The summed E-state index contributed by atoms with van der Waals surface area (Å²) < 4.78 is 6.91. The Morgan fingerprint density at radius 1 is 1.38 bits per heavy atom. The van der Waals surface area contributed by atoms with Gasteiger partial charge in [0.25, 0.3) is 0 Å². The van der Waals surface area contributed by atoms with Gasteiger partial charge in [-0.15, -0.1) is 11.3 Å². The van der Waals surface area contributed by atoms with Gasteiger partial charge >= 0.3 is 11.7 Å². The molecule has 0 saturated heterocycles. The van der Waals surface area contributed by atoms with Crippen molar-refractivity contribution in [1.82, 2.24) is 9.78 Å². The van der Waals surface area contributed by atoms with Gasteiger partial charge in [0.15, 0.2) is 0 Å². The molecular weight excluding hydrogens is 420 g/mol. The average molecular weight is 437 g/mol. The van der Waals surface area contributed by atoms with Gasteiger partial charge in [-0.25, -0.2) is 4.79 Å².